The fraction of sp³-hybridized carbons (Fsp3) is 0.154. The number of fused-ring (bicyclic) bond motifs is 1. The van der Waals surface area contributed by atoms with Crippen LogP contribution in [0.25, 0.3) is 5.82 Å². The first-order valence-corrected chi connectivity index (χ1v) is 7.02. The van der Waals surface area contributed by atoms with Crippen LogP contribution in [-0.4, -0.2) is 12.9 Å². The Morgan fingerprint density at radius 1 is 1.26 bits per heavy atom. The smallest absolute Gasteiger partial charge is 0.228 e. The van der Waals surface area contributed by atoms with E-state index in [0.717, 1.165) is 21.7 Å². The van der Waals surface area contributed by atoms with Crippen molar-refractivity contribution in [3.05, 3.63) is 41.1 Å². The van der Waals surface area contributed by atoms with E-state index in [0.29, 0.717) is 18.0 Å². The molecule has 0 unspecified atom stereocenters. The molecule has 0 saturated carbocycles. The third-order valence-electron chi connectivity index (χ3n) is 3.02. The van der Waals surface area contributed by atoms with Crippen molar-refractivity contribution in [1.82, 2.24) is 0 Å². The molecule has 1 aliphatic heterocycles. The van der Waals surface area contributed by atoms with Gasteiger partial charge in [-0.1, -0.05) is 11.8 Å². The van der Waals surface area contributed by atoms with Crippen LogP contribution >= 0.6 is 11.8 Å². The minimum atomic E-state index is 0.448. The number of nitrogens with zero attached hydrogens (tertiary/aromatic N) is 2. The van der Waals surface area contributed by atoms with Crippen molar-refractivity contribution in [2.45, 2.75) is 5.09 Å². The van der Waals surface area contributed by atoms with Gasteiger partial charge in [-0.05, 0) is 30.5 Å². The van der Waals surface area contributed by atoms with E-state index < -0.39 is 0 Å². The first-order valence-electron chi connectivity index (χ1n) is 5.80. The Bertz CT molecular complexity index is 720. The van der Waals surface area contributed by atoms with Crippen molar-refractivity contribution in [3.8, 4) is 0 Å². The first-order chi connectivity index (χ1) is 9.19. The van der Waals surface area contributed by atoms with Gasteiger partial charge in [0.2, 0.25) is 5.55 Å². The largest absolute Gasteiger partial charge is 0.432 e. The van der Waals surface area contributed by atoms with E-state index in [-0.39, 0.29) is 0 Å². The van der Waals surface area contributed by atoms with Gasteiger partial charge in [0.1, 0.15) is 12.5 Å². The molecule has 0 radical (unpaired) electrons. The van der Waals surface area contributed by atoms with Gasteiger partial charge < -0.3 is 20.8 Å². The van der Waals surface area contributed by atoms with Gasteiger partial charge in [-0.3, -0.25) is 0 Å². The van der Waals surface area contributed by atoms with Crippen LogP contribution in [0.4, 0.5) is 11.4 Å². The summed E-state index contributed by atoms with van der Waals surface area (Å²) in [5.74, 6) is 0.652. The van der Waals surface area contributed by atoms with Crippen molar-refractivity contribution in [2.75, 3.05) is 23.6 Å². The second kappa shape index (κ2) is 4.55. The molecule has 0 bridgehead atoms. The lowest BCUT2D eigenvalue weighted by Crippen LogP contribution is -2.42. The highest BCUT2D eigenvalue weighted by Crippen LogP contribution is 2.20. The van der Waals surface area contributed by atoms with Crippen molar-refractivity contribution >= 4 is 29.0 Å². The SMILES string of the molecule is CSc1cc2c(o1)=NCN(c1ccc(N)cc1)C=2N. The molecule has 0 amide bonds. The monoisotopic (exact) mass is 274 g/mol. The van der Waals surface area contributed by atoms with Crippen LogP contribution in [0.15, 0.2) is 44.8 Å². The molecule has 6 heteroatoms. The third-order valence-corrected chi connectivity index (χ3v) is 3.62. The van der Waals surface area contributed by atoms with Gasteiger partial charge in [0, 0.05) is 17.4 Å². The Morgan fingerprint density at radius 2 is 2.00 bits per heavy atom. The number of furan rings is 1. The van der Waals surface area contributed by atoms with Crippen LogP contribution in [0.3, 0.4) is 0 Å². The molecule has 0 atom stereocenters. The number of nitrogen functional groups attached to an aromatic ring is 1. The topological polar surface area (TPSA) is 80.8 Å². The summed E-state index contributed by atoms with van der Waals surface area (Å²) in [6.07, 6.45) is 1.96. The molecule has 5 nitrogen and oxygen atoms in total. The minimum Gasteiger partial charge on any atom is -0.432 e. The molecule has 3 rings (SSSR count). The van der Waals surface area contributed by atoms with Crippen LogP contribution < -0.4 is 27.1 Å². The summed E-state index contributed by atoms with van der Waals surface area (Å²) in [5, 5.41) is 1.66. The normalized spacial score (nSPS) is 14.2. The third kappa shape index (κ3) is 2.04. The van der Waals surface area contributed by atoms with E-state index >= 15 is 0 Å². The maximum atomic E-state index is 6.21. The van der Waals surface area contributed by atoms with Crippen LogP contribution in [0.1, 0.15) is 0 Å². The molecular formula is C13H14N4OS. The Kier molecular flexibility index (Phi) is 2.87. The lowest BCUT2D eigenvalue weighted by molar-refractivity contribution is 0.424. The minimum absolute atomic E-state index is 0.448. The second-order valence-corrected chi connectivity index (χ2v) is 5.00. The molecule has 2 heterocycles. The van der Waals surface area contributed by atoms with E-state index in [1.807, 2.05) is 41.5 Å². The average Bonchev–Trinajstić information content (AvgIpc) is 2.85. The number of anilines is 2. The van der Waals surface area contributed by atoms with Gasteiger partial charge in [0.05, 0.1) is 5.22 Å². The highest BCUT2D eigenvalue weighted by atomic mass is 32.2. The van der Waals surface area contributed by atoms with Gasteiger partial charge >= 0.3 is 0 Å². The highest BCUT2D eigenvalue weighted by molar-refractivity contribution is 7.98. The van der Waals surface area contributed by atoms with Crippen molar-refractivity contribution in [3.63, 3.8) is 0 Å². The molecule has 0 fully saturated rings. The molecular weight excluding hydrogens is 260 g/mol. The standard InChI is InChI=1S/C13H14N4OS/c1-19-11-6-10-12(15)17(7-16-13(10)18-11)9-4-2-8(14)3-5-9/h2-6H,7,14-15H2,1H3. The van der Waals surface area contributed by atoms with Gasteiger partial charge in [0.25, 0.3) is 0 Å². The summed E-state index contributed by atoms with van der Waals surface area (Å²) in [4.78, 5) is 6.34. The van der Waals surface area contributed by atoms with Crippen LogP contribution in [0, 0.1) is 0 Å². The number of thioether (sulfide) groups is 1. The zero-order valence-electron chi connectivity index (χ0n) is 10.5. The second-order valence-electron chi connectivity index (χ2n) is 4.19. The van der Waals surface area contributed by atoms with Crippen molar-refractivity contribution in [1.29, 1.82) is 0 Å². The highest BCUT2D eigenvalue weighted by Gasteiger charge is 2.16. The lowest BCUT2D eigenvalue weighted by atomic mass is 10.2. The summed E-state index contributed by atoms with van der Waals surface area (Å²) in [6, 6.07) is 9.47. The Labute approximate surface area is 114 Å². The summed E-state index contributed by atoms with van der Waals surface area (Å²) in [7, 11) is 0. The maximum Gasteiger partial charge on any atom is 0.228 e. The molecule has 19 heavy (non-hydrogen) atoms. The summed E-state index contributed by atoms with van der Waals surface area (Å²) >= 11 is 1.53. The summed E-state index contributed by atoms with van der Waals surface area (Å²) in [6.45, 7) is 0.448. The van der Waals surface area contributed by atoms with E-state index in [9.17, 15) is 0 Å². The van der Waals surface area contributed by atoms with Crippen LogP contribution in [0.2, 0.25) is 0 Å². The Hall–Kier alpha value is -2.08. The fourth-order valence-electron chi connectivity index (χ4n) is 1.99. The lowest BCUT2D eigenvalue weighted by Gasteiger charge is -2.24. The number of hydrogen-bond donors (Lipinski definition) is 2. The predicted octanol–water partition coefficient (Wildman–Crippen LogP) is 0.705. The zero-order valence-corrected chi connectivity index (χ0v) is 11.3. The van der Waals surface area contributed by atoms with Crippen LogP contribution in [-0.2, 0) is 0 Å². The first kappa shape index (κ1) is 12.0. The van der Waals surface area contributed by atoms with E-state index in [2.05, 4.69) is 4.99 Å². The summed E-state index contributed by atoms with van der Waals surface area (Å²) in [5.41, 5.74) is 14.2. The molecule has 1 aromatic carbocycles. The quantitative estimate of drug-likeness (QED) is 0.622. The number of nitrogens with two attached hydrogens (primary N) is 2. The van der Waals surface area contributed by atoms with Gasteiger partial charge in [-0.2, -0.15) is 0 Å². The Morgan fingerprint density at radius 3 is 2.68 bits per heavy atom. The molecule has 1 aromatic heterocycles. The van der Waals surface area contributed by atoms with E-state index in [1.165, 1.54) is 11.8 Å². The van der Waals surface area contributed by atoms with E-state index in [1.54, 1.807) is 0 Å². The molecule has 0 saturated heterocycles. The Balaban J connectivity index is 2.09. The number of benzene rings is 1. The molecule has 0 aliphatic carbocycles. The molecule has 4 N–H and O–H groups in total. The fourth-order valence-corrected chi connectivity index (χ4v) is 2.39. The van der Waals surface area contributed by atoms with Crippen molar-refractivity contribution in [2.24, 2.45) is 10.7 Å². The van der Waals surface area contributed by atoms with E-state index in [4.69, 9.17) is 15.9 Å². The molecule has 0 spiro atoms. The number of hydrogen-bond acceptors (Lipinski definition) is 6. The van der Waals surface area contributed by atoms with Crippen molar-refractivity contribution < 1.29 is 4.42 Å². The average molecular weight is 274 g/mol. The van der Waals surface area contributed by atoms with Crippen LogP contribution in [0.5, 0.6) is 0 Å². The summed E-state index contributed by atoms with van der Waals surface area (Å²) < 4.78 is 5.58. The number of rotatable bonds is 2. The van der Waals surface area contributed by atoms with Gasteiger partial charge in [0.15, 0.2) is 5.09 Å². The van der Waals surface area contributed by atoms with Gasteiger partial charge in [-0.15, -0.1) is 0 Å². The van der Waals surface area contributed by atoms with Gasteiger partial charge in [-0.25, -0.2) is 4.99 Å². The zero-order chi connectivity index (χ0) is 13.4. The molecule has 1 aliphatic rings. The predicted molar refractivity (Wildman–Crippen MR) is 77.1 cm³/mol. The molecule has 2 aromatic rings. The maximum absolute atomic E-state index is 6.21. The molecule has 98 valence electrons.